The number of ether oxygens (including phenoxy) is 1. The van der Waals surface area contributed by atoms with Gasteiger partial charge in [-0.05, 0) is 29.1 Å². The van der Waals surface area contributed by atoms with Gasteiger partial charge in [-0.2, -0.15) is 0 Å². The van der Waals surface area contributed by atoms with E-state index in [-0.39, 0.29) is 11.9 Å². The average Bonchev–Trinajstić information content (AvgIpc) is 3.14. The summed E-state index contributed by atoms with van der Waals surface area (Å²) in [5, 5.41) is 5.49. The number of aromatic nitrogens is 2. The lowest BCUT2D eigenvalue weighted by Crippen LogP contribution is -2.41. The van der Waals surface area contributed by atoms with Crippen LogP contribution in [0.4, 0.5) is 10.2 Å². The fourth-order valence-corrected chi connectivity index (χ4v) is 3.95. The van der Waals surface area contributed by atoms with Crippen LogP contribution in [0.1, 0.15) is 11.6 Å². The number of rotatable bonds is 5. The smallest absolute Gasteiger partial charge is 0.147 e. The molecule has 1 saturated heterocycles. The van der Waals surface area contributed by atoms with Gasteiger partial charge in [0.1, 0.15) is 18.0 Å². The van der Waals surface area contributed by atoms with Crippen molar-refractivity contribution >= 4 is 27.4 Å². The predicted molar refractivity (Wildman–Crippen MR) is 97.4 cm³/mol. The molecule has 3 heterocycles. The molecule has 0 bridgehead atoms. The summed E-state index contributed by atoms with van der Waals surface area (Å²) in [5.74, 6) is 0.633. The molecule has 5 nitrogen and oxygen atoms in total. The highest BCUT2D eigenvalue weighted by molar-refractivity contribution is 7.17. The Morgan fingerprint density at radius 3 is 2.76 bits per heavy atom. The first-order valence-electron chi connectivity index (χ1n) is 8.30. The monoisotopic (exact) mass is 358 g/mol. The van der Waals surface area contributed by atoms with Crippen LogP contribution in [0.15, 0.2) is 42.0 Å². The largest absolute Gasteiger partial charge is 0.379 e. The Bertz CT molecular complexity index is 832. The van der Waals surface area contributed by atoms with E-state index in [0.29, 0.717) is 6.54 Å². The number of nitrogens with one attached hydrogen (secondary N) is 1. The minimum atomic E-state index is -0.214. The third kappa shape index (κ3) is 3.63. The maximum absolute atomic E-state index is 13.3. The van der Waals surface area contributed by atoms with Crippen molar-refractivity contribution < 1.29 is 9.13 Å². The fraction of sp³-hybridized carbons (Fsp3) is 0.333. The third-order valence-corrected chi connectivity index (χ3v) is 5.36. The van der Waals surface area contributed by atoms with Gasteiger partial charge in [0.2, 0.25) is 0 Å². The molecule has 0 aliphatic carbocycles. The van der Waals surface area contributed by atoms with Crippen LogP contribution >= 0.6 is 11.3 Å². The summed E-state index contributed by atoms with van der Waals surface area (Å²) in [5.41, 5.74) is 2.04. The number of anilines is 1. The minimum Gasteiger partial charge on any atom is -0.379 e. The zero-order valence-corrected chi connectivity index (χ0v) is 14.5. The molecule has 1 aromatic carbocycles. The maximum Gasteiger partial charge on any atom is 0.147 e. The predicted octanol–water partition coefficient (Wildman–Crippen LogP) is 3.32. The van der Waals surface area contributed by atoms with E-state index in [1.54, 1.807) is 17.7 Å². The molecule has 0 saturated carbocycles. The summed E-state index contributed by atoms with van der Waals surface area (Å²) in [4.78, 5) is 11.0. The Labute approximate surface area is 149 Å². The lowest BCUT2D eigenvalue weighted by atomic mass is 10.0. The summed E-state index contributed by atoms with van der Waals surface area (Å²) in [6.07, 6.45) is 1.58. The van der Waals surface area contributed by atoms with Gasteiger partial charge in [-0.3, -0.25) is 4.90 Å². The van der Waals surface area contributed by atoms with Crippen molar-refractivity contribution in [2.45, 2.75) is 6.04 Å². The van der Waals surface area contributed by atoms with Crippen molar-refractivity contribution in [3.8, 4) is 0 Å². The molecule has 1 atom stereocenters. The SMILES string of the molecule is Fc1ccc([C@H](CNc2ncnc3ccsc23)N2CCOCC2)cc1. The Balaban J connectivity index is 1.57. The van der Waals surface area contributed by atoms with E-state index in [1.807, 2.05) is 23.6 Å². The molecule has 0 spiro atoms. The van der Waals surface area contributed by atoms with E-state index >= 15 is 0 Å². The number of nitrogens with zero attached hydrogens (tertiary/aromatic N) is 3. The Kier molecular flexibility index (Phi) is 4.87. The fourth-order valence-electron chi connectivity index (χ4n) is 3.14. The van der Waals surface area contributed by atoms with Crippen molar-refractivity contribution in [3.63, 3.8) is 0 Å². The highest BCUT2D eigenvalue weighted by Gasteiger charge is 2.23. The molecule has 25 heavy (non-hydrogen) atoms. The lowest BCUT2D eigenvalue weighted by molar-refractivity contribution is 0.0187. The van der Waals surface area contributed by atoms with E-state index in [2.05, 4.69) is 20.2 Å². The zero-order valence-electron chi connectivity index (χ0n) is 13.7. The van der Waals surface area contributed by atoms with E-state index in [1.165, 1.54) is 12.1 Å². The van der Waals surface area contributed by atoms with Crippen molar-refractivity contribution in [2.75, 3.05) is 38.2 Å². The molecule has 1 fully saturated rings. The van der Waals surface area contributed by atoms with Gasteiger partial charge < -0.3 is 10.1 Å². The number of thiophene rings is 1. The van der Waals surface area contributed by atoms with Crippen LogP contribution in [0.5, 0.6) is 0 Å². The molecular formula is C18H19FN4OS. The van der Waals surface area contributed by atoms with Gasteiger partial charge in [0.15, 0.2) is 0 Å². The molecular weight excluding hydrogens is 339 g/mol. The minimum absolute atomic E-state index is 0.134. The molecule has 2 aromatic heterocycles. The first-order chi connectivity index (χ1) is 12.3. The standard InChI is InChI=1S/C18H19FN4OS/c19-14-3-1-13(2-4-14)16(23-6-8-24-9-7-23)11-20-18-17-15(5-10-25-17)21-12-22-18/h1-5,10,12,16H,6-9,11H2,(H,20,21,22)/t16-/m0/s1. The molecule has 0 unspecified atom stereocenters. The van der Waals surface area contributed by atoms with Gasteiger partial charge in [0.05, 0.1) is 29.5 Å². The first-order valence-corrected chi connectivity index (χ1v) is 9.18. The van der Waals surface area contributed by atoms with Crippen LogP contribution in [0.3, 0.4) is 0 Å². The van der Waals surface area contributed by atoms with Crippen LogP contribution in [0.2, 0.25) is 0 Å². The van der Waals surface area contributed by atoms with E-state index < -0.39 is 0 Å². The topological polar surface area (TPSA) is 50.3 Å². The average molecular weight is 358 g/mol. The normalized spacial score (nSPS) is 16.8. The summed E-state index contributed by atoms with van der Waals surface area (Å²) >= 11 is 1.63. The highest BCUT2D eigenvalue weighted by Crippen LogP contribution is 2.27. The van der Waals surface area contributed by atoms with Gasteiger partial charge >= 0.3 is 0 Å². The number of halogens is 1. The second kappa shape index (κ2) is 7.43. The van der Waals surface area contributed by atoms with Crippen molar-refractivity contribution in [3.05, 3.63) is 53.4 Å². The maximum atomic E-state index is 13.3. The van der Waals surface area contributed by atoms with E-state index in [9.17, 15) is 4.39 Å². The first kappa shape index (κ1) is 16.4. The van der Waals surface area contributed by atoms with Gasteiger partial charge in [0, 0.05) is 19.6 Å². The van der Waals surface area contributed by atoms with E-state index in [4.69, 9.17) is 4.74 Å². The van der Waals surface area contributed by atoms with Crippen molar-refractivity contribution in [1.82, 2.24) is 14.9 Å². The van der Waals surface area contributed by atoms with Crippen molar-refractivity contribution in [2.24, 2.45) is 0 Å². The zero-order chi connectivity index (χ0) is 17.1. The van der Waals surface area contributed by atoms with Crippen LogP contribution in [0.25, 0.3) is 10.2 Å². The number of fused-ring (bicyclic) bond motifs is 1. The quantitative estimate of drug-likeness (QED) is 0.758. The van der Waals surface area contributed by atoms with Gasteiger partial charge in [0.25, 0.3) is 0 Å². The molecule has 3 aromatic rings. The molecule has 1 aliphatic heterocycles. The second-order valence-electron chi connectivity index (χ2n) is 5.95. The number of hydrogen-bond donors (Lipinski definition) is 1. The van der Waals surface area contributed by atoms with Gasteiger partial charge in [-0.1, -0.05) is 12.1 Å². The molecule has 4 rings (SSSR count). The molecule has 0 radical (unpaired) electrons. The van der Waals surface area contributed by atoms with Crippen molar-refractivity contribution in [1.29, 1.82) is 0 Å². The lowest BCUT2D eigenvalue weighted by Gasteiger charge is -2.35. The third-order valence-electron chi connectivity index (χ3n) is 4.45. The van der Waals surface area contributed by atoms with Crippen LogP contribution in [-0.2, 0) is 4.74 Å². The van der Waals surface area contributed by atoms with E-state index in [0.717, 1.165) is 47.9 Å². The highest BCUT2D eigenvalue weighted by atomic mass is 32.1. The molecule has 1 N–H and O–H groups in total. The van der Waals surface area contributed by atoms with Gasteiger partial charge in [-0.25, -0.2) is 14.4 Å². The number of benzene rings is 1. The molecule has 7 heteroatoms. The molecule has 1 aliphatic rings. The summed E-state index contributed by atoms with van der Waals surface area (Å²) in [7, 11) is 0. The van der Waals surface area contributed by atoms with Gasteiger partial charge in [-0.15, -0.1) is 11.3 Å². The summed E-state index contributed by atoms with van der Waals surface area (Å²) < 4.78 is 19.8. The van der Waals surface area contributed by atoms with Crippen LogP contribution in [0, 0.1) is 5.82 Å². The number of morpholine rings is 1. The summed E-state index contributed by atoms with van der Waals surface area (Å²) in [6, 6.07) is 8.88. The Morgan fingerprint density at radius 1 is 1.16 bits per heavy atom. The summed E-state index contributed by atoms with van der Waals surface area (Å²) in [6.45, 7) is 3.86. The number of hydrogen-bond acceptors (Lipinski definition) is 6. The van der Waals surface area contributed by atoms with Crippen LogP contribution < -0.4 is 5.32 Å². The molecule has 0 amide bonds. The second-order valence-corrected chi connectivity index (χ2v) is 6.87. The molecule has 130 valence electrons. The Hall–Kier alpha value is -2.09. The van der Waals surface area contributed by atoms with Crippen LogP contribution in [-0.4, -0.2) is 47.7 Å². The Morgan fingerprint density at radius 2 is 1.96 bits per heavy atom.